The molecule has 2 atom stereocenters. The van der Waals surface area contributed by atoms with Crippen molar-refractivity contribution >= 4 is 40.7 Å². The zero-order chi connectivity index (χ0) is 21.8. The third kappa shape index (κ3) is 5.06. The number of amides is 3. The van der Waals surface area contributed by atoms with Gasteiger partial charge in [-0.3, -0.25) is 14.4 Å². The monoisotopic (exact) mass is 441 g/mol. The van der Waals surface area contributed by atoms with Crippen LogP contribution in [0, 0.1) is 5.92 Å². The standard InChI is InChI=1S/C23H24ClN3O4/c24-16-7-9-17(10-8-16)27-14-15(12-21(27)28)22(29)26-20-6-2-1-5-19(20)23(30)25-13-18-4-3-11-31-18/h1-2,5-10,15,18H,3-4,11-14H2,(H,25,30)(H,26,29). The van der Waals surface area contributed by atoms with E-state index in [0.717, 1.165) is 19.4 Å². The average Bonchev–Trinajstić information content (AvgIpc) is 3.43. The molecule has 2 fully saturated rings. The van der Waals surface area contributed by atoms with Gasteiger partial charge in [-0.25, -0.2) is 0 Å². The average molecular weight is 442 g/mol. The van der Waals surface area contributed by atoms with Crippen LogP contribution >= 0.6 is 11.6 Å². The fourth-order valence-corrected chi connectivity index (χ4v) is 4.01. The van der Waals surface area contributed by atoms with Gasteiger partial charge in [0.25, 0.3) is 5.91 Å². The molecule has 2 aliphatic rings. The van der Waals surface area contributed by atoms with E-state index in [9.17, 15) is 14.4 Å². The van der Waals surface area contributed by atoms with Crippen molar-refractivity contribution < 1.29 is 19.1 Å². The Balaban J connectivity index is 1.40. The van der Waals surface area contributed by atoms with E-state index in [0.29, 0.717) is 28.5 Å². The minimum atomic E-state index is -0.508. The van der Waals surface area contributed by atoms with Crippen LogP contribution in [0.15, 0.2) is 48.5 Å². The highest BCUT2D eigenvalue weighted by Gasteiger charge is 2.35. The van der Waals surface area contributed by atoms with Gasteiger partial charge in [0.05, 0.1) is 23.3 Å². The highest BCUT2D eigenvalue weighted by atomic mass is 35.5. The molecule has 2 heterocycles. The molecule has 7 nitrogen and oxygen atoms in total. The molecule has 3 amide bonds. The Bertz CT molecular complexity index is 973. The second kappa shape index (κ2) is 9.49. The van der Waals surface area contributed by atoms with E-state index in [4.69, 9.17) is 16.3 Å². The number of halogens is 1. The summed E-state index contributed by atoms with van der Waals surface area (Å²) in [6.07, 6.45) is 2.08. The van der Waals surface area contributed by atoms with E-state index >= 15 is 0 Å². The van der Waals surface area contributed by atoms with Crippen molar-refractivity contribution in [3.05, 3.63) is 59.1 Å². The summed E-state index contributed by atoms with van der Waals surface area (Å²) in [5.41, 5.74) is 1.51. The van der Waals surface area contributed by atoms with Crippen LogP contribution in [0.5, 0.6) is 0 Å². The van der Waals surface area contributed by atoms with Crippen molar-refractivity contribution in [2.75, 3.05) is 29.9 Å². The second-order valence-electron chi connectivity index (χ2n) is 7.76. The van der Waals surface area contributed by atoms with E-state index in [1.165, 1.54) is 0 Å². The summed E-state index contributed by atoms with van der Waals surface area (Å²) in [6.45, 7) is 1.44. The lowest BCUT2D eigenvalue weighted by Gasteiger charge is -2.17. The fourth-order valence-electron chi connectivity index (χ4n) is 3.89. The Morgan fingerprint density at radius 3 is 2.65 bits per heavy atom. The number of carbonyl (C=O) groups excluding carboxylic acids is 3. The van der Waals surface area contributed by atoms with Crippen LogP contribution in [0.2, 0.25) is 5.02 Å². The molecule has 0 spiro atoms. The van der Waals surface area contributed by atoms with Gasteiger partial charge in [-0.2, -0.15) is 0 Å². The van der Waals surface area contributed by atoms with Crippen molar-refractivity contribution in [2.24, 2.45) is 5.92 Å². The molecule has 2 aromatic carbocycles. The number of carbonyl (C=O) groups is 3. The summed E-state index contributed by atoms with van der Waals surface area (Å²) in [4.78, 5) is 39.6. The number of para-hydroxylation sites is 1. The van der Waals surface area contributed by atoms with Gasteiger partial charge in [0.15, 0.2) is 0 Å². The van der Waals surface area contributed by atoms with Gasteiger partial charge in [-0.05, 0) is 49.2 Å². The predicted molar refractivity (Wildman–Crippen MR) is 118 cm³/mol. The molecule has 8 heteroatoms. The lowest BCUT2D eigenvalue weighted by molar-refractivity contribution is -0.122. The summed E-state index contributed by atoms with van der Waals surface area (Å²) < 4.78 is 5.54. The van der Waals surface area contributed by atoms with Crippen LogP contribution in [0.3, 0.4) is 0 Å². The summed E-state index contributed by atoms with van der Waals surface area (Å²) in [5, 5.41) is 6.29. The second-order valence-corrected chi connectivity index (χ2v) is 8.20. The topological polar surface area (TPSA) is 87.7 Å². The van der Waals surface area contributed by atoms with Gasteiger partial charge >= 0.3 is 0 Å². The Labute approximate surface area is 185 Å². The van der Waals surface area contributed by atoms with Crippen molar-refractivity contribution in [1.29, 1.82) is 0 Å². The molecule has 0 aromatic heterocycles. The Morgan fingerprint density at radius 2 is 1.90 bits per heavy atom. The van der Waals surface area contributed by atoms with E-state index in [-0.39, 0.29) is 36.8 Å². The smallest absolute Gasteiger partial charge is 0.253 e. The lowest BCUT2D eigenvalue weighted by Crippen LogP contribution is -2.33. The Morgan fingerprint density at radius 1 is 1.13 bits per heavy atom. The maximum atomic E-state index is 12.9. The molecule has 0 saturated carbocycles. The number of benzene rings is 2. The molecule has 4 rings (SSSR count). The molecular formula is C23H24ClN3O4. The summed E-state index contributed by atoms with van der Waals surface area (Å²) >= 11 is 5.92. The van der Waals surface area contributed by atoms with Gasteiger partial charge < -0.3 is 20.3 Å². The first-order valence-electron chi connectivity index (χ1n) is 10.4. The maximum Gasteiger partial charge on any atom is 0.253 e. The quantitative estimate of drug-likeness (QED) is 0.720. The number of hydrogen-bond donors (Lipinski definition) is 2. The van der Waals surface area contributed by atoms with Crippen molar-refractivity contribution in [2.45, 2.75) is 25.4 Å². The van der Waals surface area contributed by atoms with E-state index < -0.39 is 5.92 Å². The Hall–Kier alpha value is -2.90. The lowest BCUT2D eigenvalue weighted by atomic mass is 10.1. The zero-order valence-corrected chi connectivity index (χ0v) is 17.7. The van der Waals surface area contributed by atoms with Crippen LogP contribution in [0.1, 0.15) is 29.6 Å². The van der Waals surface area contributed by atoms with Crippen LogP contribution in [-0.2, 0) is 14.3 Å². The van der Waals surface area contributed by atoms with Gasteiger partial charge in [-0.15, -0.1) is 0 Å². The number of rotatable bonds is 6. The number of nitrogens with one attached hydrogen (secondary N) is 2. The van der Waals surface area contributed by atoms with Crippen LogP contribution in [-0.4, -0.2) is 43.5 Å². The fraction of sp³-hybridized carbons (Fsp3) is 0.348. The zero-order valence-electron chi connectivity index (χ0n) is 17.0. The molecule has 2 saturated heterocycles. The van der Waals surface area contributed by atoms with E-state index in [2.05, 4.69) is 10.6 Å². The molecular weight excluding hydrogens is 418 g/mol. The number of ether oxygens (including phenoxy) is 1. The number of nitrogens with zero attached hydrogens (tertiary/aromatic N) is 1. The third-order valence-corrected chi connectivity index (χ3v) is 5.83. The van der Waals surface area contributed by atoms with Gasteiger partial charge in [0.2, 0.25) is 11.8 Å². The maximum absolute atomic E-state index is 12.9. The molecule has 2 aromatic rings. The summed E-state index contributed by atoms with van der Waals surface area (Å²) in [6, 6.07) is 13.8. The van der Waals surface area contributed by atoms with E-state index in [1.807, 2.05) is 0 Å². The first-order valence-corrected chi connectivity index (χ1v) is 10.7. The first kappa shape index (κ1) is 21.3. The largest absolute Gasteiger partial charge is 0.376 e. The minimum absolute atomic E-state index is 0.0362. The van der Waals surface area contributed by atoms with Crippen molar-refractivity contribution in [1.82, 2.24) is 5.32 Å². The Kier molecular flexibility index (Phi) is 6.53. The molecule has 2 aliphatic heterocycles. The van der Waals surface area contributed by atoms with Crippen LogP contribution in [0.4, 0.5) is 11.4 Å². The highest BCUT2D eigenvalue weighted by molar-refractivity contribution is 6.30. The molecule has 2 unspecified atom stereocenters. The normalized spacial score (nSPS) is 20.7. The van der Waals surface area contributed by atoms with Crippen molar-refractivity contribution in [3.63, 3.8) is 0 Å². The SMILES string of the molecule is O=C(NCC1CCCO1)c1ccccc1NC(=O)C1CC(=O)N(c2ccc(Cl)cc2)C1. The molecule has 0 radical (unpaired) electrons. The summed E-state index contributed by atoms with van der Waals surface area (Å²) in [5.74, 6) is -1.18. The predicted octanol–water partition coefficient (Wildman–Crippen LogP) is 3.24. The molecule has 162 valence electrons. The van der Waals surface area contributed by atoms with Crippen LogP contribution in [0.25, 0.3) is 0 Å². The highest BCUT2D eigenvalue weighted by Crippen LogP contribution is 2.27. The van der Waals surface area contributed by atoms with Gasteiger partial charge in [0, 0.05) is 36.8 Å². The molecule has 31 heavy (non-hydrogen) atoms. The van der Waals surface area contributed by atoms with Gasteiger partial charge in [-0.1, -0.05) is 23.7 Å². The number of anilines is 2. The van der Waals surface area contributed by atoms with Crippen LogP contribution < -0.4 is 15.5 Å². The van der Waals surface area contributed by atoms with E-state index in [1.54, 1.807) is 53.4 Å². The summed E-state index contributed by atoms with van der Waals surface area (Å²) in [7, 11) is 0. The minimum Gasteiger partial charge on any atom is -0.376 e. The third-order valence-electron chi connectivity index (χ3n) is 5.58. The number of hydrogen-bond acceptors (Lipinski definition) is 4. The van der Waals surface area contributed by atoms with Gasteiger partial charge in [0.1, 0.15) is 0 Å². The first-order chi connectivity index (χ1) is 15.0. The molecule has 0 bridgehead atoms. The molecule has 2 N–H and O–H groups in total. The van der Waals surface area contributed by atoms with Crippen molar-refractivity contribution in [3.8, 4) is 0 Å². The molecule has 0 aliphatic carbocycles.